The number of hydrogen-bond acceptors (Lipinski definition) is 17. The minimum absolute atomic E-state index is 0.190. The fraction of sp³-hybridized carbons (Fsp3) is 0.0417. The average molecular weight is 809 g/mol. The number of azo groups is 2. The van der Waals surface area contributed by atoms with Crippen LogP contribution in [0, 0.1) is 0 Å². The molecule has 22 nitrogen and oxygen atoms in total. The first-order valence-electron chi connectivity index (χ1n) is 12.9. The van der Waals surface area contributed by atoms with Gasteiger partial charge in [-0.2, -0.15) is 33.7 Å². The van der Waals surface area contributed by atoms with Crippen molar-refractivity contribution in [3.05, 3.63) is 48.5 Å². The summed E-state index contributed by atoms with van der Waals surface area (Å²) in [6, 6.07) is 5.84. The smallest absolute Gasteiger partial charge is 0.296 e. The predicted molar refractivity (Wildman–Crippen MR) is 173 cm³/mol. The van der Waals surface area contributed by atoms with E-state index in [0.717, 1.165) is 31.2 Å². The van der Waals surface area contributed by atoms with Gasteiger partial charge in [-0.1, -0.05) is 0 Å². The zero-order valence-corrected chi connectivity index (χ0v) is 29.0. The lowest BCUT2D eigenvalue weighted by molar-refractivity contribution is -0.114. The van der Waals surface area contributed by atoms with Crippen molar-refractivity contribution in [1.82, 2.24) is 0 Å². The molecular weight excluding hydrogens is 789 g/mol. The molecular formula is C24H20N6O16S5. The van der Waals surface area contributed by atoms with E-state index in [1.165, 1.54) is 0 Å². The summed E-state index contributed by atoms with van der Waals surface area (Å²) in [5, 5.41) is 26.7. The van der Waals surface area contributed by atoms with Crippen LogP contribution in [0.1, 0.15) is 6.92 Å². The fourth-order valence-electron chi connectivity index (χ4n) is 4.27. The highest BCUT2D eigenvalue weighted by Gasteiger charge is 2.27. The Morgan fingerprint density at radius 3 is 1.71 bits per heavy atom. The number of phenolic OH excluding ortho intramolecular Hbond substituents is 1. The zero-order chi connectivity index (χ0) is 38.4. The number of benzene rings is 4. The van der Waals surface area contributed by atoms with Gasteiger partial charge < -0.3 is 16.2 Å². The topological polar surface area (TPSA) is 376 Å². The molecule has 0 atom stereocenters. The fourth-order valence-corrected chi connectivity index (χ4v) is 7.45. The second kappa shape index (κ2) is 13.6. The number of phenols is 1. The molecule has 1 amide bonds. The Morgan fingerprint density at radius 2 is 1.18 bits per heavy atom. The molecule has 0 aliphatic rings. The number of amides is 1. The number of fused-ring (bicyclic) bond motifs is 1. The van der Waals surface area contributed by atoms with Crippen LogP contribution >= 0.6 is 0 Å². The van der Waals surface area contributed by atoms with Gasteiger partial charge in [0.05, 0.1) is 16.3 Å². The van der Waals surface area contributed by atoms with E-state index in [2.05, 4.69) is 20.5 Å². The SMILES string of the molecule is CC(=O)Nc1cc(N=Nc2c(S(=O)(=O)O)cc3c(N=Nc4ccc([SH](=O)=O)cc4S(=O)(=O)O)c(N)ccc3c2O)c(S(=O)(=O)O)cc1S(=O)(=O)O. The maximum absolute atomic E-state index is 12.5. The molecule has 0 spiro atoms. The molecule has 51 heavy (non-hydrogen) atoms. The number of nitrogens with one attached hydrogen (secondary N) is 1. The average Bonchev–Trinajstić information content (AvgIpc) is 2.97. The molecule has 0 saturated heterocycles. The highest BCUT2D eigenvalue weighted by molar-refractivity contribution is 7.87. The van der Waals surface area contributed by atoms with Crippen LogP contribution in [-0.2, 0) is 56.0 Å². The Balaban J connectivity index is 2.01. The summed E-state index contributed by atoms with van der Waals surface area (Å²) in [6.45, 7) is 0.902. The van der Waals surface area contributed by atoms with Crippen molar-refractivity contribution in [2.24, 2.45) is 20.5 Å². The monoisotopic (exact) mass is 808 g/mol. The largest absolute Gasteiger partial charge is 0.505 e. The van der Waals surface area contributed by atoms with E-state index in [1.54, 1.807) is 0 Å². The number of rotatable bonds is 10. The minimum Gasteiger partial charge on any atom is -0.505 e. The number of nitrogen functional groups attached to an aromatic ring is 1. The molecule has 0 heterocycles. The lowest BCUT2D eigenvalue weighted by Crippen LogP contribution is -2.12. The van der Waals surface area contributed by atoms with E-state index in [1.807, 2.05) is 5.32 Å². The normalized spacial score (nSPS) is 13.1. The van der Waals surface area contributed by atoms with Crippen molar-refractivity contribution in [1.29, 1.82) is 0 Å². The van der Waals surface area contributed by atoms with Crippen LogP contribution in [0.2, 0.25) is 0 Å². The molecule has 0 unspecified atom stereocenters. The third-order valence-electron chi connectivity index (χ3n) is 6.39. The Labute approximate surface area is 288 Å². The van der Waals surface area contributed by atoms with Gasteiger partial charge in [-0.15, -0.1) is 20.5 Å². The number of thiol groups is 1. The Bertz CT molecular complexity index is 2760. The van der Waals surface area contributed by atoms with Crippen molar-refractivity contribution >= 4 is 102 Å². The van der Waals surface area contributed by atoms with Crippen LogP contribution in [0.5, 0.6) is 5.75 Å². The summed E-state index contributed by atoms with van der Waals surface area (Å²) in [5.41, 5.74) is 1.72. The lowest BCUT2D eigenvalue weighted by atomic mass is 10.1. The first-order chi connectivity index (χ1) is 23.3. The minimum atomic E-state index is -5.41. The van der Waals surface area contributed by atoms with Crippen molar-refractivity contribution in [3.8, 4) is 5.75 Å². The predicted octanol–water partition coefficient (Wildman–Crippen LogP) is 2.87. The van der Waals surface area contributed by atoms with Gasteiger partial charge in [0.1, 0.15) is 42.3 Å². The molecule has 272 valence electrons. The van der Waals surface area contributed by atoms with Crippen LogP contribution in [0.4, 0.5) is 34.1 Å². The highest BCUT2D eigenvalue weighted by Crippen LogP contribution is 2.46. The van der Waals surface area contributed by atoms with Gasteiger partial charge in [0.25, 0.3) is 40.5 Å². The van der Waals surface area contributed by atoms with Crippen LogP contribution < -0.4 is 11.1 Å². The molecule has 4 aromatic rings. The molecule has 8 N–H and O–H groups in total. The lowest BCUT2D eigenvalue weighted by Gasteiger charge is -2.13. The molecule has 0 aliphatic heterocycles. The molecule has 0 bridgehead atoms. The molecule has 0 radical (unpaired) electrons. The van der Waals surface area contributed by atoms with E-state index in [0.29, 0.717) is 18.2 Å². The van der Waals surface area contributed by atoms with E-state index in [4.69, 9.17) is 5.73 Å². The number of carbonyl (C=O) groups is 1. The molecule has 0 fully saturated rings. The summed E-state index contributed by atoms with van der Waals surface area (Å²) in [5.74, 6) is -2.03. The van der Waals surface area contributed by atoms with E-state index >= 15 is 0 Å². The van der Waals surface area contributed by atoms with Gasteiger partial charge in [0.15, 0.2) is 16.5 Å². The van der Waals surface area contributed by atoms with Gasteiger partial charge in [-0.25, -0.2) is 8.42 Å². The molecule has 0 saturated carbocycles. The summed E-state index contributed by atoms with van der Waals surface area (Å²) in [7, 11) is -24.5. The molecule has 0 aromatic heterocycles. The number of hydrogen-bond donors (Lipinski definition) is 8. The van der Waals surface area contributed by atoms with Gasteiger partial charge in [0, 0.05) is 17.7 Å². The summed E-state index contributed by atoms with van der Waals surface area (Å²) in [6.07, 6.45) is 0. The van der Waals surface area contributed by atoms with Gasteiger partial charge >= 0.3 is 0 Å². The Kier molecular flexibility index (Phi) is 10.4. The molecule has 4 rings (SSSR count). The van der Waals surface area contributed by atoms with E-state index < -0.39 is 121 Å². The van der Waals surface area contributed by atoms with E-state index in [9.17, 15) is 70.2 Å². The van der Waals surface area contributed by atoms with E-state index in [-0.39, 0.29) is 17.1 Å². The first-order valence-corrected chi connectivity index (χ1v) is 19.8. The number of carbonyl (C=O) groups excluding carboxylic acids is 1. The summed E-state index contributed by atoms with van der Waals surface area (Å²) in [4.78, 5) is 6.34. The quantitative estimate of drug-likeness (QED) is 0.0494. The van der Waals surface area contributed by atoms with Crippen molar-refractivity contribution in [3.63, 3.8) is 0 Å². The van der Waals surface area contributed by atoms with Crippen molar-refractivity contribution in [2.75, 3.05) is 11.1 Å². The van der Waals surface area contributed by atoms with Crippen LogP contribution in [0.15, 0.2) is 93.5 Å². The molecule has 4 aromatic carbocycles. The maximum Gasteiger partial charge on any atom is 0.296 e. The molecule has 27 heteroatoms. The van der Waals surface area contributed by atoms with Gasteiger partial charge in [0.2, 0.25) is 5.91 Å². The second-order valence-electron chi connectivity index (χ2n) is 9.88. The highest BCUT2D eigenvalue weighted by atomic mass is 32.2. The standard InChI is InChI=1S/C24H20N6O16S5/c1-10(31)26-16-8-17(20(50(41,42)43)9-19(16)49(38,39)40)28-30-23-21(51(44,45)46)7-13-12(24(23)32)3-4-14(25)22(13)29-27-15-5-2-11(47(33)34)6-18(15)48(35,36)37/h2-9,32,47H,25H2,1H3,(H,26,31)(H,35,36,37)(H,38,39,40)(H,41,42,43)(H,44,45,46). The van der Waals surface area contributed by atoms with Crippen LogP contribution in [-0.4, -0.2) is 71.3 Å². The zero-order valence-electron chi connectivity index (χ0n) is 24.8. The van der Waals surface area contributed by atoms with Crippen LogP contribution in [0.3, 0.4) is 0 Å². The molecule has 0 aliphatic carbocycles. The number of anilines is 2. The maximum atomic E-state index is 12.5. The number of nitrogens with two attached hydrogens (primary N) is 1. The second-order valence-corrected chi connectivity index (χ2v) is 16.5. The summed E-state index contributed by atoms with van der Waals surface area (Å²) >= 11 is 0. The Hall–Kier alpha value is -5.00. The van der Waals surface area contributed by atoms with Crippen molar-refractivity contribution in [2.45, 2.75) is 31.4 Å². The van der Waals surface area contributed by atoms with Crippen molar-refractivity contribution < 1.29 is 70.2 Å². The third-order valence-corrected chi connectivity index (χ3v) is 10.6. The van der Waals surface area contributed by atoms with Crippen LogP contribution in [0.25, 0.3) is 10.8 Å². The first kappa shape index (κ1) is 38.8. The summed E-state index contributed by atoms with van der Waals surface area (Å²) < 4.78 is 158. The Morgan fingerprint density at radius 1 is 0.647 bits per heavy atom. The van der Waals surface area contributed by atoms with Gasteiger partial charge in [-0.3, -0.25) is 23.0 Å². The number of nitrogens with zero attached hydrogens (tertiary/aromatic N) is 4. The number of aromatic hydroxyl groups is 1. The van der Waals surface area contributed by atoms with Gasteiger partial charge in [-0.05, 0) is 48.5 Å². The third kappa shape index (κ3) is 8.49.